The molecular formula is C17H30N2O2. The second-order valence-electron chi connectivity index (χ2n) is 6.17. The van der Waals surface area contributed by atoms with E-state index in [1.165, 1.54) is 18.4 Å². The van der Waals surface area contributed by atoms with Gasteiger partial charge in [-0.05, 0) is 39.2 Å². The van der Waals surface area contributed by atoms with Gasteiger partial charge in [0.1, 0.15) is 11.5 Å². The molecule has 1 atom stereocenters. The summed E-state index contributed by atoms with van der Waals surface area (Å²) < 4.78 is 11.2. The van der Waals surface area contributed by atoms with Gasteiger partial charge in [-0.3, -0.25) is 4.90 Å². The Morgan fingerprint density at radius 1 is 1.48 bits per heavy atom. The number of hydrogen-bond acceptors (Lipinski definition) is 4. The molecule has 1 fully saturated rings. The van der Waals surface area contributed by atoms with Crippen LogP contribution in [0, 0.1) is 6.92 Å². The van der Waals surface area contributed by atoms with Crippen molar-refractivity contribution in [3.05, 3.63) is 23.2 Å². The molecule has 4 heteroatoms. The van der Waals surface area contributed by atoms with Gasteiger partial charge < -0.3 is 14.5 Å². The molecule has 120 valence electrons. The van der Waals surface area contributed by atoms with Crippen molar-refractivity contribution < 1.29 is 9.15 Å². The topological polar surface area (TPSA) is 37.6 Å². The highest BCUT2D eigenvalue weighted by Crippen LogP contribution is 2.22. The van der Waals surface area contributed by atoms with Crippen molar-refractivity contribution in [3.8, 4) is 0 Å². The van der Waals surface area contributed by atoms with E-state index in [-0.39, 0.29) is 0 Å². The zero-order chi connectivity index (χ0) is 15.2. The Morgan fingerprint density at radius 3 is 2.86 bits per heavy atom. The minimum Gasteiger partial charge on any atom is -0.465 e. The molecule has 4 nitrogen and oxygen atoms in total. The summed E-state index contributed by atoms with van der Waals surface area (Å²) in [4.78, 5) is 2.43. The summed E-state index contributed by atoms with van der Waals surface area (Å²) in [5.41, 5.74) is 1.30. The van der Waals surface area contributed by atoms with E-state index >= 15 is 0 Å². The van der Waals surface area contributed by atoms with Crippen molar-refractivity contribution in [1.29, 1.82) is 0 Å². The average molecular weight is 294 g/mol. The van der Waals surface area contributed by atoms with Crippen LogP contribution < -0.4 is 5.32 Å². The van der Waals surface area contributed by atoms with E-state index in [9.17, 15) is 0 Å². The standard InChI is InChI=1S/C17H30N2O2/c1-5-13(2)19(8-9-20-4)12-17-10-15(14(3)21-17)11-18-16-6-7-16/h10,13,16,18H,5-9,11-12H2,1-4H3. The largest absolute Gasteiger partial charge is 0.465 e. The number of hydrogen-bond donors (Lipinski definition) is 1. The summed E-state index contributed by atoms with van der Waals surface area (Å²) >= 11 is 0. The van der Waals surface area contributed by atoms with Crippen molar-refractivity contribution >= 4 is 0 Å². The lowest BCUT2D eigenvalue weighted by Gasteiger charge is -2.27. The zero-order valence-electron chi connectivity index (χ0n) is 13.9. The molecule has 1 N–H and O–H groups in total. The third-order valence-corrected chi connectivity index (χ3v) is 4.39. The molecule has 1 aromatic heterocycles. The minimum absolute atomic E-state index is 0.540. The van der Waals surface area contributed by atoms with E-state index in [2.05, 4.69) is 37.1 Å². The van der Waals surface area contributed by atoms with Gasteiger partial charge in [-0.1, -0.05) is 6.92 Å². The number of nitrogens with zero attached hydrogens (tertiary/aromatic N) is 1. The summed E-state index contributed by atoms with van der Waals surface area (Å²) in [6, 6.07) is 3.49. The number of rotatable bonds is 10. The maximum absolute atomic E-state index is 5.95. The number of furan rings is 1. The summed E-state index contributed by atoms with van der Waals surface area (Å²) in [6.07, 6.45) is 3.78. The molecule has 0 amide bonds. The summed E-state index contributed by atoms with van der Waals surface area (Å²) in [7, 11) is 1.76. The van der Waals surface area contributed by atoms with Crippen LogP contribution in [-0.2, 0) is 17.8 Å². The Kier molecular flexibility index (Phi) is 6.27. The Hall–Kier alpha value is -0.840. The fourth-order valence-electron chi connectivity index (χ4n) is 2.50. The SMILES string of the molecule is CCC(C)N(CCOC)Cc1cc(CNC2CC2)c(C)o1. The van der Waals surface area contributed by atoms with Crippen LogP contribution in [0.4, 0.5) is 0 Å². The molecule has 2 rings (SSSR count). The number of ether oxygens (including phenoxy) is 1. The first kappa shape index (κ1) is 16.5. The van der Waals surface area contributed by atoms with E-state index in [1.807, 2.05) is 0 Å². The Morgan fingerprint density at radius 2 is 2.24 bits per heavy atom. The minimum atomic E-state index is 0.540. The lowest BCUT2D eigenvalue weighted by atomic mass is 10.2. The molecular weight excluding hydrogens is 264 g/mol. The molecule has 0 aliphatic heterocycles. The van der Waals surface area contributed by atoms with E-state index in [4.69, 9.17) is 9.15 Å². The van der Waals surface area contributed by atoms with Gasteiger partial charge in [0.05, 0.1) is 13.2 Å². The van der Waals surface area contributed by atoms with Crippen LogP contribution >= 0.6 is 0 Å². The highest BCUT2D eigenvalue weighted by atomic mass is 16.5. The third-order valence-electron chi connectivity index (χ3n) is 4.39. The van der Waals surface area contributed by atoms with Crippen LogP contribution in [0.25, 0.3) is 0 Å². The van der Waals surface area contributed by atoms with Crippen LogP contribution in [0.15, 0.2) is 10.5 Å². The molecule has 1 aromatic rings. The normalized spacial score (nSPS) is 16.6. The van der Waals surface area contributed by atoms with Crippen molar-refractivity contribution in [2.75, 3.05) is 20.3 Å². The maximum atomic E-state index is 5.95. The van der Waals surface area contributed by atoms with Gasteiger partial charge in [0.25, 0.3) is 0 Å². The van der Waals surface area contributed by atoms with Crippen molar-refractivity contribution in [1.82, 2.24) is 10.2 Å². The fraction of sp³-hybridized carbons (Fsp3) is 0.765. The molecule has 1 unspecified atom stereocenters. The number of aryl methyl sites for hydroxylation is 1. The lowest BCUT2D eigenvalue weighted by molar-refractivity contribution is 0.112. The summed E-state index contributed by atoms with van der Waals surface area (Å²) in [5.74, 6) is 2.12. The molecule has 1 aliphatic carbocycles. The molecule has 1 saturated carbocycles. The second kappa shape index (κ2) is 7.97. The first-order valence-electron chi connectivity index (χ1n) is 8.18. The van der Waals surface area contributed by atoms with Gasteiger partial charge in [0.2, 0.25) is 0 Å². The van der Waals surface area contributed by atoms with Crippen molar-refractivity contribution in [2.45, 2.75) is 65.2 Å². The van der Waals surface area contributed by atoms with Crippen molar-refractivity contribution in [3.63, 3.8) is 0 Å². The fourth-order valence-corrected chi connectivity index (χ4v) is 2.50. The predicted molar refractivity (Wildman–Crippen MR) is 85.3 cm³/mol. The zero-order valence-corrected chi connectivity index (χ0v) is 13.9. The van der Waals surface area contributed by atoms with Gasteiger partial charge in [0, 0.05) is 37.8 Å². The first-order valence-corrected chi connectivity index (χ1v) is 8.18. The van der Waals surface area contributed by atoms with Gasteiger partial charge in [-0.25, -0.2) is 0 Å². The maximum Gasteiger partial charge on any atom is 0.118 e. The van der Waals surface area contributed by atoms with Gasteiger partial charge in [-0.15, -0.1) is 0 Å². The molecule has 0 radical (unpaired) electrons. The van der Waals surface area contributed by atoms with Crippen molar-refractivity contribution in [2.24, 2.45) is 0 Å². The molecule has 0 saturated heterocycles. The molecule has 0 aromatic carbocycles. The quantitative estimate of drug-likeness (QED) is 0.719. The average Bonchev–Trinajstić information content (AvgIpc) is 3.24. The molecule has 21 heavy (non-hydrogen) atoms. The van der Waals surface area contributed by atoms with Gasteiger partial charge >= 0.3 is 0 Å². The van der Waals surface area contributed by atoms with Crippen LogP contribution in [-0.4, -0.2) is 37.2 Å². The monoisotopic (exact) mass is 294 g/mol. The van der Waals surface area contributed by atoms with E-state index < -0.39 is 0 Å². The summed E-state index contributed by atoms with van der Waals surface area (Å²) in [6.45, 7) is 10.1. The molecule has 1 aliphatic rings. The number of nitrogens with one attached hydrogen (secondary N) is 1. The van der Waals surface area contributed by atoms with Gasteiger partial charge in [-0.2, -0.15) is 0 Å². The number of methoxy groups -OCH3 is 1. The Balaban J connectivity index is 1.93. The van der Waals surface area contributed by atoms with Crippen LogP contribution in [0.2, 0.25) is 0 Å². The van der Waals surface area contributed by atoms with E-state index in [0.717, 1.165) is 50.2 Å². The lowest BCUT2D eigenvalue weighted by Crippen LogP contribution is -2.34. The van der Waals surface area contributed by atoms with Crippen LogP contribution in [0.5, 0.6) is 0 Å². The first-order chi connectivity index (χ1) is 10.1. The molecule has 0 bridgehead atoms. The predicted octanol–water partition coefficient (Wildman–Crippen LogP) is 3.09. The molecule has 1 heterocycles. The Bertz CT molecular complexity index is 426. The van der Waals surface area contributed by atoms with E-state index in [0.29, 0.717) is 6.04 Å². The van der Waals surface area contributed by atoms with E-state index in [1.54, 1.807) is 7.11 Å². The summed E-state index contributed by atoms with van der Waals surface area (Å²) in [5, 5.41) is 3.55. The van der Waals surface area contributed by atoms with Crippen LogP contribution in [0.1, 0.15) is 50.2 Å². The molecule has 0 spiro atoms. The van der Waals surface area contributed by atoms with Crippen LogP contribution in [0.3, 0.4) is 0 Å². The van der Waals surface area contributed by atoms with Gasteiger partial charge in [0.15, 0.2) is 0 Å². The Labute approximate surface area is 128 Å². The second-order valence-corrected chi connectivity index (χ2v) is 6.17. The highest BCUT2D eigenvalue weighted by Gasteiger charge is 2.21. The smallest absolute Gasteiger partial charge is 0.118 e. The third kappa shape index (κ3) is 5.13. The highest BCUT2D eigenvalue weighted by molar-refractivity contribution is 5.21.